The van der Waals surface area contributed by atoms with Gasteiger partial charge in [-0.1, -0.05) is 0 Å². The molecule has 15 heteroatoms. The molecule has 9 nitrogen and oxygen atoms in total. The van der Waals surface area contributed by atoms with E-state index in [2.05, 4.69) is 15.8 Å². The Morgan fingerprint density at radius 2 is 1.70 bits per heavy atom. The summed E-state index contributed by atoms with van der Waals surface area (Å²) in [6.07, 6.45) is -3.47. The summed E-state index contributed by atoms with van der Waals surface area (Å²) in [5, 5.41) is 3.86. The molecule has 0 spiro atoms. The molecule has 0 radical (unpaired) electrons. The average molecular weight is 609 g/mol. The molecule has 0 saturated carbocycles. The monoisotopic (exact) mass is 608 g/mol. The fourth-order valence-corrected chi connectivity index (χ4v) is 4.83. The van der Waals surface area contributed by atoms with Crippen LogP contribution >= 0.6 is 0 Å². The second-order valence-corrected chi connectivity index (χ2v) is 9.52. The van der Waals surface area contributed by atoms with Crippen molar-refractivity contribution >= 4 is 18.0 Å². The Hall–Kier alpha value is -4.66. The minimum Gasteiger partial charge on any atom is -0.497 e. The second kappa shape index (κ2) is 12.7. The van der Waals surface area contributed by atoms with Crippen LogP contribution in [0.5, 0.6) is 5.75 Å². The number of alkyl halides is 3. The highest BCUT2D eigenvalue weighted by Gasteiger charge is 2.39. The Balaban J connectivity index is 0.00000135. The molecule has 0 unspecified atom stereocenters. The van der Waals surface area contributed by atoms with E-state index in [9.17, 15) is 31.1 Å². The number of nitrogens with two attached hydrogens (primary N) is 1. The van der Waals surface area contributed by atoms with Gasteiger partial charge >= 0.3 is 6.18 Å². The van der Waals surface area contributed by atoms with Crippen LogP contribution in [-0.2, 0) is 17.5 Å². The van der Waals surface area contributed by atoms with Crippen LogP contribution < -0.4 is 10.5 Å². The summed E-state index contributed by atoms with van der Waals surface area (Å²) in [5.41, 5.74) is 2.93. The van der Waals surface area contributed by atoms with E-state index >= 15 is 0 Å². The van der Waals surface area contributed by atoms with Crippen molar-refractivity contribution in [2.24, 2.45) is 5.73 Å². The quantitative estimate of drug-likeness (QED) is 0.207. The lowest BCUT2D eigenvalue weighted by Crippen LogP contribution is -2.48. The van der Waals surface area contributed by atoms with Gasteiger partial charge in [-0.2, -0.15) is 18.3 Å². The van der Waals surface area contributed by atoms with E-state index < -0.39 is 35.2 Å². The lowest BCUT2D eigenvalue weighted by molar-refractivity contribution is -0.143. The first-order valence-electron chi connectivity index (χ1n) is 12.8. The van der Waals surface area contributed by atoms with Crippen LogP contribution in [0.3, 0.4) is 0 Å². The number of nitrogens with zero attached hydrogens (tertiary/aromatic N) is 5. The van der Waals surface area contributed by atoms with E-state index in [4.69, 9.17) is 9.53 Å². The molecule has 43 heavy (non-hydrogen) atoms. The number of carbonyl (C=O) groups excluding carboxylic acids is 2. The molecule has 2 aromatic carbocycles. The number of piperazine rings is 1. The molecular weight excluding hydrogens is 582 g/mol. The van der Waals surface area contributed by atoms with Gasteiger partial charge in [-0.3, -0.25) is 14.5 Å². The molecule has 1 aliphatic rings. The number of rotatable bonds is 5. The fourth-order valence-electron chi connectivity index (χ4n) is 4.83. The Kier molecular flexibility index (Phi) is 9.23. The van der Waals surface area contributed by atoms with Gasteiger partial charge in [-0.15, -0.1) is 0 Å². The molecular formula is C28H26F6N6O3. The zero-order valence-electron chi connectivity index (χ0n) is 23.0. The summed E-state index contributed by atoms with van der Waals surface area (Å²) < 4.78 is 89.5. The highest BCUT2D eigenvalue weighted by molar-refractivity contribution is 6.00. The topological polar surface area (TPSA) is 106 Å². The minimum atomic E-state index is -4.78. The summed E-state index contributed by atoms with van der Waals surface area (Å²) in [6.45, 7) is 2.03. The van der Waals surface area contributed by atoms with Gasteiger partial charge in [-0.05, 0) is 37.3 Å². The number of amides is 2. The lowest BCUT2D eigenvalue weighted by Gasteiger charge is -2.34. The standard InChI is InChI=1S/C27H23F6N5O2.CH3NO/c1-15-23(16-3-5-19(40-2)6-4-16)35-25-20(13-34-38(25)24(15)27(31,32)33)26(39)37-9-7-36(8-10-37)14-17-11-18(28)12-21(29)22(17)30;2-1-3/h3-6,11-13H,7-10,14H2,1-2H3;1H,(H2,2,3). The Bertz CT molecular complexity index is 1630. The molecule has 1 saturated heterocycles. The number of aromatic nitrogens is 3. The SMILES string of the molecule is COc1ccc(-c2nc3c(C(=O)N4CCN(Cc5cc(F)cc(F)c5F)CC4)cnn3c(C(F)(F)F)c2C)cc1.NC=O. The summed E-state index contributed by atoms with van der Waals surface area (Å²) >= 11 is 0. The van der Waals surface area contributed by atoms with E-state index in [1.165, 1.54) is 18.9 Å². The van der Waals surface area contributed by atoms with E-state index in [-0.39, 0.29) is 67.2 Å². The summed E-state index contributed by atoms with van der Waals surface area (Å²) in [4.78, 5) is 29.6. The normalized spacial score (nSPS) is 13.9. The molecule has 1 fully saturated rings. The first-order valence-corrected chi connectivity index (χ1v) is 12.8. The third kappa shape index (κ3) is 6.56. The van der Waals surface area contributed by atoms with Crippen LogP contribution in [0.25, 0.3) is 16.9 Å². The van der Waals surface area contributed by atoms with Crippen LogP contribution in [-0.4, -0.2) is 70.0 Å². The maximum absolute atomic E-state index is 14.2. The first-order chi connectivity index (χ1) is 20.4. The Morgan fingerprint density at radius 3 is 2.28 bits per heavy atom. The number of hydrogen-bond acceptors (Lipinski definition) is 6. The van der Waals surface area contributed by atoms with Crippen LogP contribution in [0.4, 0.5) is 26.3 Å². The van der Waals surface area contributed by atoms with E-state index in [0.717, 1.165) is 12.3 Å². The third-order valence-electron chi connectivity index (χ3n) is 6.87. The number of primary amides is 1. The Labute approximate surface area is 241 Å². The minimum absolute atomic E-state index is 0.0474. The number of ether oxygens (including phenoxy) is 1. The molecule has 0 bridgehead atoms. The smallest absolute Gasteiger partial charge is 0.433 e. The van der Waals surface area contributed by atoms with E-state index in [1.807, 2.05) is 0 Å². The van der Waals surface area contributed by atoms with Crippen molar-refractivity contribution in [3.63, 3.8) is 0 Å². The molecule has 1 aliphatic heterocycles. The highest BCUT2D eigenvalue weighted by Crippen LogP contribution is 2.37. The molecule has 228 valence electrons. The van der Waals surface area contributed by atoms with Gasteiger partial charge in [0.2, 0.25) is 6.41 Å². The van der Waals surface area contributed by atoms with Gasteiger partial charge in [0, 0.05) is 55.5 Å². The highest BCUT2D eigenvalue weighted by atomic mass is 19.4. The van der Waals surface area contributed by atoms with Crippen molar-refractivity contribution in [2.45, 2.75) is 19.6 Å². The van der Waals surface area contributed by atoms with Crippen LogP contribution in [0.1, 0.15) is 27.2 Å². The Morgan fingerprint density at radius 1 is 1.07 bits per heavy atom. The van der Waals surface area contributed by atoms with Gasteiger partial charge in [0.1, 0.15) is 17.1 Å². The number of fused-ring (bicyclic) bond motifs is 1. The van der Waals surface area contributed by atoms with Crippen LogP contribution in [0.2, 0.25) is 0 Å². The second-order valence-electron chi connectivity index (χ2n) is 9.52. The molecule has 0 atom stereocenters. The van der Waals surface area contributed by atoms with Crippen molar-refractivity contribution in [1.29, 1.82) is 0 Å². The number of benzene rings is 2. The van der Waals surface area contributed by atoms with Crippen molar-refractivity contribution < 1.29 is 40.7 Å². The van der Waals surface area contributed by atoms with Crippen LogP contribution in [0.15, 0.2) is 42.6 Å². The molecule has 3 heterocycles. The van der Waals surface area contributed by atoms with Gasteiger partial charge in [0.15, 0.2) is 23.0 Å². The largest absolute Gasteiger partial charge is 0.497 e. The zero-order chi connectivity index (χ0) is 31.5. The van der Waals surface area contributed by atoms with Gasteiger partial charge in [0.25, 0.3) is 5.91 Å². The molecule has 4 aromatic rings. The summed E-state index contributed by atoms with van der Waals surface area (Å²) in [6, 6.07) is 7.73. The van der Waals surface area contributed by atoms with Gasteiger partial charge in [0.05, 0.1) is 19.0 Å². The third-order valence-corrected chi connectivity index (χ3v) is 6.87. The van der Waals surface area contributed by atoms with Crippen molar-refractivity contribution in [2.75, 3.05) is 33.3 Å². The molecule has 5 rings (SSSR count). The number of halogens is 6. The van der Waals surface area contributed by atoms with Crippen molar-refractivity contribution in [3.8, 4) is 17.0 Å². The first kappa shape index (κ1) is 31.3. The fraction of sp³-hybridized carbons (Fsp3) is 0.286. The summed E-state index contributed by atoms with van der Waals surface area (Å²) in [5.74, 6) is -3.37. The predicted octanol–water partition coefficient (Wildman–Crippen LogP) is 4.21. The van der Waals surface area contributed by atoms with Crippen LogP contribution in [0, 0.1) is 24.4 Å². The average Bonchev–Trinajstić information content (AvgIpc) is 3.38. The van der Waals surface area contributed by atoms with Crippen molar-refractivity contribution in [3.05, 3.63) is 82.4 Å². The van der Waals surface area contributed by atoms with Crippen molar-refractivity contribution in [1.82, 2.24) is 24.4 Å². The molecule has 2 N–H and O–H groups in total. The summed E-state index contributed by atoms with van der Waals surface area (Å²) in [7, 11) is 1.47. The van der Waals surface area contributed by atoms with E-state index in [1.54, 1.807) is 29.2 Å². The number of hydrogen-bond donors (Lipinski definition) is 1. The molecule has 2 amide bonds. The maximum Gasteiger partial charge on any atom is 0.433 e. The number of carbonyl (C=O) groups is 2. The number of methoxy groups -OCH3 is 1. The van der Waals surface area contributed by atoms with Gasteiger partial charge < -0.3 is 15.4 Å². The maximum atomic E-state index is 14.2. The van der Waals surface area contributed by atoms with Gasteiger partial charge in [-0.25, -0.2) is 22.7 Å². The molecule has 0 aliphatic carbocycles. The molecule has 2 aromatic heterocycles. The zero-order valence-corrected chi connectivity index (χ0v) is 23.0. The van der Waals surface area contributed by atoms with E-state index in [0.29, 0.717) is 21.9 Å². The predicted molar refractivity (Wildman–Crippen MR) is 142 cm³/mol. The lowest BCUT2D eigenvalue weighted by atomic mass is 10.0.